The number of aliphatic imine (C=N–C) groups is 1. The van der Waals surface area contributed by atoms with Crippen LogP contribution in [0.15, 0.2) is 17.3 Å². The van der Waals surface area contributed by atoms with Gasteiger partial charge in [0.1, 0.15) is 5.84 Å². The van der Waals surface area contributed by atoms with Crippen molar-refractivity contribution in [2.75, 3.05) is 0 Å². The number of nitrogens with two attached hydrogens (primary N) is 1. The lowest BCUT2D eigenvalue weighted by molar-refractivity contribution is -0.134. The number of carbonyl (C=O) groups excluding carboxylic acids is 2. The van der Waals surface area contributed by atoms with E-state index in [0.717, 1.165) is 6.42 Å². The molecule has 1 heterocycles. The molecule has 1 unspecified atom stereocenters. The average molecular weight is 209 g/mol. The highest BCUT2D eigenvalue weighted by Gasteiger charge is 2.29. The summed E-state index contributed by atoms with van der Waals surface area (Å²) >= 11 is 0. The van der Waals surface area contributed by atoms with E-state index in [9.17, 15) is 9.59 Å². The Bertz CT molecular complexity index is 321. The number of carbonyl (C=O) groups is 2. The van der Waals surface area contributed by atoms with E-state index in [1.54, 1.807) is 6.20 Å². The van der Waals surface area contributed by atoms with Gasteiger partial charge in [0.2, 0.25) is 11.8 Å². The molecule has 0 spiro atoms. The summed E-state index contributed by atoms with van der Waals surface area (Å²) in [5.41, 5.74) is 5.65. The van der Waals surface area contributed by atoms with E-state index in [4.69, 9.17) is 5.73 Å². The topological polar surface area (TPSA) is 84.5 Å². The van der Waals surface area contributed by atoms with Gasteiger partial charge in [-0.05, 0) is 12.8 Å². The first-order valence-corrected chi connectivity index (χ1v) is 4.97. The highest BCUT2D eigenvalue weighted by Crippen LogP contribution is 2.12. The summed E-state index contributed by atoms with van der Waals surface area (Å²) in [5, 5.41) is 2.24. The minimum Gasteiger partial charge on any atom is -0.387 e. The maximum absolute atomic E-state index is 11.4. The molecule has 0 aliphatic carbocycles. The van der Waals surface area contributed by atoms with Crippen LogP contribution < -0.4 is 11.1 Å². The molecule has 0 radical (unpaired) electrons. The van der Waals surface area contributed by atoms with Gasteiger partial charge in [-0.2, -0.15) is 0 Å². The van der Waals surface area contributed by atoms with Crippen molar-refractivity contribution in [3.63, 3.8) is 0 Å². The van der Waals surface area contributed by atoms with E-state index in [1.807, 2.05) is 13.0 Å². The number of amidine groups is 1. The summed E-state index contributed by atoms with van der Waals surface area (Å²) in [7, 11) is 0. The van der Waals surface area contributed by atoms with Gasteiger partial charge in [0.15, 0.2) is 0 Å². The third-order valence-electron chi connectivity index (χ3n) is 2.16. The van der Waals surface area contributed by atoms with E-state index in [-0.39, 0.29) is 17.6 Å². The van der Waals surface area contributed by atoms with Crippen molar-refractivity contribution in [1.29, 1.82) is 0 Å². The first kappa shape index (κ1) is 11.4. The second kappa shape index (κ2) is 5.29. The standard InChI is InChI=1S/C10H15N3O2/c1-2-3-6-12-9(11)7-4-5-8(14)13-10(7)15/h3,6-7H,2,4-5H2,1H3,(H2,11,12)(H,13,14,15)/b6-3-. The van der Waals surface area contributed by atoms with Crippen LogP contribution >= 0.6 is 0 Å². The third kappa shape index (κ3) is 3.19. The van der Waals surface area contributed by atoms with Crippen LogP contribution in [0.4, 0.5) is 0 Å². The Morgan fingerprint density at radius 1 is 1.67 bits per heavy atom. The maximum Gasteiger partial charge on any atom is 0.237 e. The number of hydrogen-bond donors (Lipinski definition) is 2. The molecule has 1 saturated heterocycles. The van der Waals surface area contributed by atoms with Crippen LogP contribution in [0.25, 0.3) is 0 Å². The molecule has 1 rings (SSSR count). The number of amides is 2. The summed E-state index contributed by atoms with van der Waals surface area (Å²) < 4.78 is 0. The number of nitrogens with one attached hydrogen (secondary N) is 1. The summed E-state index contributed by atoms with van der Waals surface area (Å²) in [4.78, 5) is 26.2. The van der Waals surface area contributed by atoms with Crippen LogP contribution in [0, 0.1) is 5.92 Å². The smallest absolute Gasteiger partial charge is 0.237 e. The molecular weight excluding hydrogens is 194 g/mol. The monoisotopic (exact) mass is 209 g/mol. The van der Waals surface area contributed by atoms with E-state index < -0.39 is 5.92 Å². The Kier molecular flexibility index (Phi) is 4.03. The Balaban J connectivity index is 2.63. The molecule has 0 aromatic heterocycles. The first-order valence-electron chi connectivity index (χ1n) is 4.97. The molecule has 0 aromatic carbocycles. The molecule has 5 heteroatoms. The third-order valence-corrected chi connectivity index (χ3v) is 2.16. The van der Waals surface area contributed by atoms with Crippen molar-refractivity contribution in [3.8, 4) is 0 Å². The molecule has 5 nitrogen and oxygen atoms in total. The van der Waals surface area contributed by atoms with E-state index in [1.165, 1.54) is 0 Å². The van der Waals surface area contributed by atoms with Gasteiger partial charge in [-0.1, -0.05) is 13.0 Å². The molecule has 0 saturated carbocycles. The van der Waals surface area contributed by atoms with E-state index in [2.05, 4.69) is 10.3 Å². The van der Waals surface area contributed by atoms with Gasteiger partial charge in [0, 0.05) is 12.6 Å². The number of nitrogens with zero attached hydrogens (tertiary/aromatic N) is 1. The van der Waals surface area contributed by atoms with Crippen molar-refractivity contribution in [2.45, 2.75) is 26.2 Å². The molecule has 0 bridgehead atoms. The molecule has 1 aliphatic heterocycles. The van der Waals surface area contributed by atoms with Gasteiger partial charge in [0.05, 0.1) is 5.92 Å². The highest BCUT2D eigenvalue weighted by atomic mass is 16.2. The fourth-order valence-corrected chi connectivity index (χ4v) is 1.31. The SMILES string of the molecule is CC/C=C\N=C(N)C1CCC(=O)NC1=O. The fraction of sp³-hybridized carbons (Fsp3) is 0.500. The molecule has 2 amide bonds. The van der Waals surface area contributed by atoms with Crippen LogP contribution in [0.3, 0.4) is 0 Å². The predicted octanol–water partition coefficient (Wildman–Crippen LogP) is 0.320. The Labute approximate surface area is 88.4 Å². The van der Waals surface area contributed by atoms with Crippen molar-refractivity contribution in [2.24, 2.45) is 16.6 Å². The van der Waals surface area contributed by atoms with Gasteiger partial charge in [0.25, 0.3) is 0 Å². The first-order chi connectivity index (χ1) is 7.15. The molecule has 1 aliphatic rings. The minimum atomic E-state index is -0.468. The quantitative estimate of drug-likeness (QED) is 0.399. The van der Waals surface area contributed by atoms with Gasteiger partial charge < -0.3 is 5.73 Å². The van der Waals surface area contributed by atoms with Crippen molar-refractivity contribution in [3.05, 3.63) is 12.3 Å². The van der Waals surface area contributed by atoms with Crippen LogP contribution in [-0.2, 0) is 9.59 Å². The molecule has 0 aromatic rings. The summed E-state index contributed by atoms with van der Waals surface area (Å²) in [6.45, 7) is 1.98. The zero-order valence-electron chi connectivity index (χ0n) is 8.69. The lowest BCUT2D eigenvalue weighted by atomic mass is 9.97. The molecule has 1 fully saturated rings. The van der Waals surface area contributed by atoms with Gasteiger partial charge >= 0.3 is 0 Å². The van der Waals surface area contributed by atoms with E-state index >= 15 is 0 Å². The van der Waals surface area contributed by atoms with Gasteiger partial charge in [-0.15, -0.1) is 0 Å². The predicted molar refractivity (Wildman–Crippen MR) is 56.9 cm³/mol. The largest absolute Gasteiger partial charge is 0.387 e. The van der Waals surface area contributed by atoms with Crippen LogP contribution in [0.2, 0.25) is 0 Å². The fourth-order valence-electron chi connectivity index (χ4n) is 1.31. The Morgan fingerprint density at radius 3 is 3.00 bits per heavy atom. The van der Waals surface area contributed by atoms with Crippen molar-refractivity contribution in [1.82, 2.24) is 5.32 Å². The summed E-state index contributed by atoms with van der Waals surface area (Å²) in [6.07, 6.45) is 5.06. The molecule has 15 heavy (non-hydrogen) atoms. The summed E-state index contributed by atoms with van der Waals surface area (Å²) in [6, 6.07) is 0. The lowest BCUT2D eigenvalue weighted by Gasteiger charge is -2.19. The van der Waals surface area contributed by atoms with Crippen LogP contribution in [0.5, 0.6) is 0 Å². The number of allylic oxidation sites excluding steroid dienone is 1. The van der Waals surface area contributed by atoms with Gasteiger partial charge in [-0.25, -0.2) is 4.99 Å². The van der Waals surface area contributed by atoms with Crippen LogP contribution in [0.1, 0.15) is 26.2 Å². The normalized spacial score (nSPS) is 23.3. The highest BCUT2D eigenvalue weighted by molar-refractivity contribution is 6.09. The van der Waals surface area contributed by atoms with Crippen LogP contribution in [-0.4, -0.2) is 17.6 Å². The Morgan fingerprint density at radius 2 is 2.40 bits per heavy atom. The zero-order valence-corrected chi connectivity index (χ0v) is 8.69. The molecule has 82 valence electrons. The summed E-state index contributed by atoms with van der Waals surface area (Å²) in [5.74, 6) is -0.792. The number of rotatable bonds is 3. The molecule has 1 atom stereocenters. The molecule has 3 N–H and O–H groups in total. The zero-order chi connectivity index (χ0) is 11.3. The molecular formula is C10H15N3O2. The number of imide groups is 1. The van der Waals surface area contributed by atoms with E-state index in [0.29, 0.717) is 12.8 Å². The second-order valence-electron chi connectivity index (χ2n) is 3.35. The van der Waals surface area contributed by atoms with Crippen molar-refractivity contribution < 1.29 is 9.59 Å². The minimum absolute atomic E-state index is 0.242. The number of hydrogen-bond acceptors (Lipinski definition) is 3. The van der Waals surface area contributed by atoms with Gasteiger partial charge in [-0.3, -0.25) is 14.9 Å². The maximum atomic E-state index is 11.4. The number of piperidine rings is 1. The lowest BCUT2D eigenvalue weighted by Crippen LogP contribution is -2.46. The Hall–Kier alpha value is -1.65. The van der Waals surface area contributed by atoms with Crippen molar-refractivity contribution >= 4 is 17.6 Å². The average Bonchev–Trinajstić information content (AvgIpc) is 2.17. The second-order valence-corrected chi connectivity index (χ2v) is 3.35.